The highest BCUT2D eigenvalue weighted by Gasteiger charge is 2.43. The second-order valence-corrected chi connectivity index (χ2v) is 15.3. The van der Waals surface area contributed by atoms with Crippen molar-refractivity contribution in [3.8, 4) is 0 Å². The van der Waals surface area contributed by atoms with E-state index in [1.807, 2.05) is 0 Å². The van der Waals surface area contributed by atoms with Crippen molar-refractivity contribution in [1.82, 2.24) is 29.3 Å². The predicted octanol–water partition coefficient (Wildman–Crippen LogP) is 8.58. The summed E-state index contributed by atoms with van der Waals surface area (Å²) in [7, 11) is 0. The summed E-state index contributed by atoms with van der Waals surface area (Å²) in [5.74, 6) is 2.43. The summed E-state index contributed by atoms with van der Waals surface area (Å²) in [4.78, 5) is 0. The minimum atomic E-state index is -0.710. The molecule has 6 nitrogen and oxygen atoms in total. The lowest BCUT2D eigenvalue weighted by molar-refractivity contribution is 0.0937. The van der Waals surface area contributed by atoms with Crippen molar-refractivity contribution in [3.63, 3.8) is 0 Å². The zero-order valence-electron chi connectivity index (χ0n) is 29.3. The first-order valence-electron chi connectivity index (χ1n) is 16.9. The molecule has 0 aliphatic carbocycles. The Bertz CT molecular complexity index is 1100. The molecule has 236 valence electrons. The van der Waals surface area contributed by atoms with Gasteiger partial charge in [0.1, 0.15) is 0 Å². The third-order valence-corrected chi connectivity index (χ3v) is 7.70. The summed E-state index contributed by atoms with van der Waals surface area (Å²) >= 11 is 0. The van der Waals surface area contributed by atoms with Crippen LogP contribution in [-0.2, 0) is 44.3 Å². The Hall–Kier alpha value is -2.37. The fourth-order valence-electron chi connectivity index (χ4n) is 6.32. The molecule has 0 N–H and O–H groups in total. The average molecular weight is 579 g/mol. The van der Waals surface area contributed by atoms with Crippen molar-refractivity contribution < 1.29 is 0 Å². The van der Waals surface area contributed by atoms with Crippen LogP contribution in [0, 0.1) is 35.5 Å². The first-order valence-corrected chi connectivity index (χ1v) is 16.9. The van der Waals surface area contributed by atoms with Gasteiger partial charge in [0.05, 0.1) is 17.1 Å². The molecule has 0 atom stereocenters. The Balaban J connectivity index is 2.49. The maximum Gasteiger partial charge on any atom is 0.249 e. The molecule has 0 saturated carbocycles. The largest absolute Gasteiger partial charge is 0.249 e. The lowest BCUT2D eigenvalue weighted by Crippen LogP contribution is -2.52. The number of hydrogen-bond donors (Lipinski definition) is 0. The van der Waals surface area contributed by atoms with Gasteiger partial charge in [0.2, 0.25) is 5.79 Å². The molecule has 0 aliphatic heterocycles. The summed E-state index contributed by atoms with van der Waals surface area (Å²) in [6.45, 7) is 29.9. The van der Waals surface area contributed by atoms with Gasteiger partial charge in [-0.3, -0.25) is 0 Å². The number of rotatable bonds is 16. The van der Waals surface area contributed by atoms with Gasteiger partial charge in [0.25, 0.3) is 0 Å². The Morgan fingerprint density at radius 3 is 0.881 bits per heavy atom. The van der Waals surface area contributed by atoms with Crippen LogP contribution in [0.5, 0.6) is 0 Å². The molecule has 0 amide bonds. The second kappa shape index (κ2) is 14.4. The van der Waals surface area contributed by atoms with Gasteiger partial charge in [-0.1, -0.05) is 90.0 Å². The van der Waals surface area contributed by atoms with Crippen LogP contribution in [0.3, 0.4) is 0 Å². The van der Waals surface area contributed by atoms with E-state index in [-0.39, 0.29) is 0 Å². The monoisotopic (exact) mass is 579 g/mol. The minimum Gasteiger partial charge on any atom is -0.221 e. The lowest BCUT2D eigenvalue weighted by atomic mass is 10.0. The quantitative estimate of drug-likeness (QED) is 0.171. The molecule has 0 fully saturated rings. The number of hydrogen-bond acceptors (Lipinski definition) is 3. The maximum atomic E-state index is 5.48. The summed E-state index contributed by atoms with van der Waals surface area (Å²) in [6.07, 6.45) is 6.58. The molecule has 3 rings (SSSR count). The fraction of sp³-hybridized carbons (Fsp3) is 0.750. The van der Waals surface area contributed by atoms with Crippen molar-refractivity contribution >= 4 is 0 Å². The molecule has 0 aliphatic rings. The molecule has 0 unspecified atom stereocenters. The third-order valence-electron chi connectivity index (χ3n) is 7.70. The van der Waals surface area contributed by atoms with Crippen molar-refractivity contribution in [2.24, 2.45) is 35.5 Å². The molecule has 0 saturated heterocycles. The van der Waals surface area contributed by atoms with Gasteiger partial charge in [-0.25, -0.2) is 14.0 Å². The van der Waals surface area contributed by atoms with Crippen molar-refractivity contribution in [2.45, 2.75) is 141 Å². The van der Waals surface area contributed by atoms with E-state index in [1.165, 1.54) is 34.2 Å². The van der Waals surface area contributed by atoms with Crippen LogP contribution in [0.1, 0.15) is 131 Å². The van der Waals surface area contributed by atoms with E-state index >= 15 is 0 Å². The van der Waals surface area contributed by atoms with Gasteiger partial charge in [-0.2, -0.15) is 15.3 Å². The first kappa shape index (κ1) is 34.1. The summed E-state index contributed by atoms with van der Waals surface area (Å²) < 4.78 is 7.03. The number of nitrogens with zero attached hydrogens (tertiary/aromatic N) is 6. The minimum absolute atomic E-state index is 0.510. The Labute approximate surface area is 257 Å². The lowest BCUT2D eigenvalue weighted by Gasteiger charge is -2.38. The van der Waals surface area contributed by atoms with E-state index in [0.717, 1.165) is 44.9 Å². The highest BCUT2D eigenvalue weighted by molar-refractivity contribution is 5.22. The molecule has 0 radical (unpaired) electrons. The topological polar surface area (TPSA) is 53.5 Å². The standard InChI is InChI=1S/C36H62N6/c1-14-36(40-33(18-27(8)9)21-30(37-40)15-24(2)3,41-34(19-28(10)11)22-31(38-41)16-25(4)5)42-35(20-29(12)13)23-32(39-42)17-26(6)7/h21-29H,14-20H2,1-13H3. The van der Waals surface area contributed by atoms with Crippen LogP contribution in [-0.4, -0.2) is 29.3 Å². The van der Waals surface area contributed by atoms with Crippen LogP contribution in [0.15, 0.2) is 18.2 Å². The van der Waals surface area contributed by atoms with Gasteiger partial charge in [-0.15, -0.1) is 0 Å². The van der Waals surface area contributed by atoms with Gasteiger partial charge in [-0.05, 0) is 92.2 Å². The van der Waals surface area contributed by atoms with E-state index in [9.17, 15) is 0 Å². The SMILES string of the molecule is CCC(n1nc(CC(C)C)cc1CC(C)C)(n1nc(CC(C)C)cc1CC(C)C)n1nc(CC(C)C)cc1CC(C)C. The van der Waals surface area contributed by atoms with Gasteiger partial charge >= 0.3 is 0 Å². The fourth-order valence-corrected chi connectivity index (χ4v) is 6.32. The average Bonchev–Trinajstić information content (AvgIpc) is 3.51. The molecule has 3 aromatic heterocycles. The van der Waals surface area contributed by atoms with Crippen molar-refractivity contribution in [1.29, 1.82) is 0 Å². The van der Waals surface area contributed by atoms with E-state index < -0.39 is 5.79 Å². The van der Waals surface area contributed by atoms with Gasteiger partial charge in [0.15, 0.2) is 0 Å². The molecule has 3 aromatic rings. The van der Waals surface area contributed by atoms with E-state index in [4.69, 9.17) is 15.3 Å². The van der Waals surface area contributed by atoms with E-state index in [2.05, 4.69) is 122 Å². The molecule has 3 heterocycles. The smallest absolute Gasteiger partial charge is 0.221 e. The summed E-state index contributed by atoms with van der Waals surface area (Å²) in [5.41, 5.74) is 7.32. The zero-order chi connectivity index (χ0) is 31.4. The summed E-state index contributed by atoms with van der Waals surface area (Å²) in [6, 6.07) is 7.10. The van der Waals surface area contributed by atoms with Crippen LogP contribution in [0.4, 0.5) is 0 Å². The molecule has 6 heteroatoms. The molecular weight excluding hydrogens is 516 g/mol. The zero-order valence-corrected chi connectivity index (χ0v) is 29.3. The molecule has 0 bridgehead atoms. The first-order chi connectivity index (χ1) is 19.7. The van der Waals surface area contributed by atoms with Crippen molar-refractivity contribution in [3.05, 3.63) is 52.4 Å². The van der Waals surface area contributed by atoms with Gasteiger partial charge < -0.3 is 0 Å². The maximum absolute atomic E-state index is 5.48. The predicted molar refractivity (Wildman–Crippen MR) is 177 cm³/mol. The molecule has 0 aromatic carbocycles. The number of aromatic nitrogens is 6. The van der Waals surface area contributed by atoms with Gasteiger partial charge in [0, 0.05) is 23.5 Å². The third kappa shape index (κ3) is 8.17. The normalized spacial score (nSPS) is 12.9. The van der Waals surface area contributed by atoms with Crippen LogP contribution < -0.4 is 0 Å². The Morgan fingerprint density at radius 2 is 0.690 bits per heavy atom. The Kier molecular flexibility index (Phi) is 11.7. The molecule has 42 heavy (non-hydrogen) atoms. The molecule has 0 spiro atoms. The highest BCUT2D eigenvalue weighted by atomic mass is 15.6. The highest BCUT2D eigenvalue weighted by Crippen LogP contribution is 2.34. The van der Waals surface area contributed by atoms with E-state index in [0.29, 0.717) is 35.5 Å². The van der Waals surface area contributed by atoms with Crippen LogP contribution >= 0.6 is 0 Å². The second-order valence-electron chi connectivity index (χ2n) is 15.3. The van der Waals surface area contributed by atoms with Crippen LogP contribution in [0.25, 0.3) is 0 Å². The van der Waals surface area contributed by atoms with Crippen LogP contribution in [0.2, 0.25) is 0 Å². The summed E-state index contributed by atoms with van der Waals surface area (Å²) in [5, 5.41) is 16.4. The van der Waals surface area contributed by atoms with E-state index in [1.54, 1.807) is 0 Å². The van der Waals surface area contributed by atoms with Crippen molar-refractivity contribution in [2.75, 3.05) is 0 Å². The molecular formula is C36H62N6. The Morgan fingerprint density at radius 1 is 0.452 bits per heavy atom.